The van der Waals surface area contributed by atoms with Gasteiger partial charge in [-0.3, -0.25) is 9.59 Å². The van der Waals surface area contributed by atoms with E-state index in [4.69, 9.17) is 9.72 Å². The highest BCUT2D eigenvalue weighted by molar-refractivity contribution is 5.92. The van der Waals surface area contributed by atoms with Gasteiger partial charge in [-0.1, -0.05) is 19.1 Å². The van der Waals surface area contributed by atoms with Crippen LogP contribution in [0, 0.1) is 13.8 Å². The largest absolute Gasteiger partial charge is 0.453 e. The summed E-state index contributed by atoms with van der Waals surface area (Å²) in [5.74, 6) is -0.669. The maximum atomic E-state index is 12.2. The Morgan fingerprint density at radius 1 is 1.25 bits per heavy atom. The molecule has 0 spiro atoms. The lowest BCUT2D eigenvalue weighted by Gasteiger charge is -2.14. The third-order valence-electron chi connectivity index (χ3n) is 4.82. The van der Waals surface area contributed by atoms with Crippen LogP contribution >= 0.6 is 0 Å². The highest BCUT2D eigenvalue weighted by Crippen LogP contribution is 2.23. The fourth-order valence-electron chi connectivity index (χ4n) is 3.27. The third kappa shape index (κ3) is 3.98. The summed E-state index contributed by atoms with van der Waals surface area (Å²) in [7, 11) is 0. The summed E-state index contributed by atoms with van der Waals surface area (Å²) in [6.45, 7) is 8.05. The number of aromatic nitrogens is 3. The van der Waals surface area contributed by atoms with Gasteiger partial charge in [0.05, 0.1) is 5.52 Å². The smallest absolute Gasteiger partial charge is 0.306 e. The van der Waals surface area contributed by atoms with E-state index in [0.29, 0.717) is 13.0 Å². The second-order valence-corrected chi connectivity index (χ2v) is 6.94. The van der Waals surface area contributed by atoms with Gasteiger partial charge in [0.2, 0.25) is 0 Å². The molecule has 3 rings (SSSR count). The molecule has 0 aliphatic heterocycles. The summed E-state index contributed by atoms with van der Waals surface area (Å²) in [5.41, 5.74) is 4.51. The molecule has 148 valence electrons. The van der Waals surface area contributed by atoms with Crippen molar-refractivity contribution in [2.75, 3.05) is 6.54 Å². The first-order valence-corrected chi connectivity index (χ1v) is 9.63. The number of hydrogen-bond donors (Lipinski definition) is 1. The topological polar surface area (TPSA) is 85.6 Å². The molecule has 1 aromatic carbocycles. The van der Waals surface area contributed by atoms with E-state index >= 15 is 0 Å². The summed E-state index contributed by atoms with van der Waals surface area (Å²) in [6, 6.07) is 7.89. The van der Waals surface area contributed by atoms with E-state index in [9.17, 15) is 9.59 Å². The molecule has 0 aliphatic rings. The van der Waals surface area contributed by atoms with E-state index in [2.05, 4.69) is 10.4 Å². The lowest BCUT2D eigenvalue weighted by molar-refractivity contribution is -0.154. The van der Waals surface area contributed by atoms with Gasteiger partial charge in [0.15, 0.2) is 11.8 Å². The SMILES string of the molecule is CCCNC(=O)[C@@H](C)OC(=O)CCc1c(C)nc2c3ccccc3nn2c1C. The molecule has 2 aromatic heterocycles. The molecule has 28 heavy (non-hydrogen) atoms. The van der Waals surface area contributed by atoms with Crippen LogP contribution < -0.4 is 5.32 Å². The Morgan fingerprint density at radius 3 is 2.75 bits per heavy atom. The van der Waals surface area contributed by atoms with Crippen LogP contribution in [-0.2, 0) is 20.7 Å². The number of benzene rings is 1. The van der Waals surface area contributed by atoms with Crippen molar-refractivity contribution in [3.63, 3.8) is 0 Å². The summed E-state index contributed by atoms with van der Waals surface area (Å²) in [5, 5.41) is 8.36. The van der Waals surface area contributed by atoms with Crippen molar-refractivity contribution < 1.29 is 14.3 Å². The Kier molecular flexibility index (Phi) is 5.92. The second kappa shape index (κ2) is 8.37. The highest BCUT2D eigenvalue weighted by atomic mass is 16.5. The lowest BCUT2D eigenvalue weighted by Crippen LogP contribution is -2.36. The fourth-order valence-corrected chi connectivity index (χ4v) is 3.27. The summed E-state index contributed by atoms with van der Waals surface area (Å²) < 4.78 is 7.08. The maximum absolute atomic E-state index is 12.2. The number of rotatable bonds is 7. The van der Waals surface area contributed by atoms with Crippen LogP contribution in [0.2, 0.25) is 0 Å². The number of carbonyl (C=O) groups excluding carboxylic acids is 2. The zero-order valence-corrected chi connectivity index (χ0v) is 16.8. The van der Waals surface area contributed by atoms with Gasteiger partial charge in [-0.2, -0.15) is 5.10 Å². The minimum absolute atomic E-state index is 0.182. The Labute approximate surface area is 164 Å². The van der Waals surface area contributed by atoms with Gasteiger partial charge in [0.1, 0.15) is 0 Å². The number of aryl methyl sites for hydroxylation is 2. The molecule has 1 N–H and O–H groups in total. The third-order valence-corrected chi connectivity index (χ3v) is 4.82. The van der Waals surface area contributed by atoms with E-state index in [1.54, 1.807) is 6.92 Å². The number of hydrogen-bond acceptors (Lipinski definition) is 5. The Bertz CT molecular complexity index is 1030. The van der Waals surface area contributed by atoms with Gasteiger partial charge < -0.3 is 10.1 Å². The summed E-state index contributed by atoms with van der Waals surface area (Å²) in [6.07, 6.45) is 0.710. The molecule has 1 atom stereocenters. The molecular weight excluding hydrogens is 356 g/mol. The molecule has 0 unspecified atom stereocenters. The van der Waals surface area contributed by atoms with E-state index < -0.39 is 12.1 Å². The quantitative estimate of drug-likeness (QED) is 0.635. The van der Waals surface area contributed by atoms with Crippen molar-refractivity contribution in [2.24, 2.45) is 0 Å². The first-order chi connectivity index (χ1) is 13.4. The predicted molar refractivity (Wildman–Crippen MR) is 107 cm³/mol. The molecule has 0 aliphatic carbocycles. The number of nitrogens with zero attached hydrogens (tertiary/aromatic N) is 3. The van der Waals surface area contributed by atoms with Gasteiger partial charge in [-0.05, 0) is 51.3 Å². The normalized spacial score (nSPS) is 12.3. The number of fused-ring (bicyclic) bond motifs is 3. The Morgan fingerprint density at radius 2 is 2.00 bits per heavy atom. The molecule has 2 heterocycles. The van der Waals surface area contributed by atoms with Gasteiger partial charge in [0, 0.05) is 29.7 Å². The molecule has 7 nitrogen and oxygen atoms in total. The molecule has 0 bridgehead atoms. The molecule has 0 saturated carbocycles. The predicted octanol–water partition coefficient (Wildman–Crippen LogP) is 2.89. The van der Waals surface area contributed by atoms with Crippen molar-refractivity contribution in [2.45, 2.75) is 53.1 Å². The zero-order chi connectivity index (χ0) is 20.3. The van der Waals surface area contributed by atoms with Crippen molar-refractivity contribution in [1.82, 2.24) is 19.9 Å². The zero-order valence-electron chi connectivity index (χ0n) is 16.8. The summed E-state index contributed by atoms with van der Waals surface area (Å²) >= 11 is 0. The van der Waals surface area contributed by atoms with Crippen LogP contribution in [0.5, 0.6) is 0 Å². The van der Waals surface area contributed by atoms with Crippen molar-refractivity contribution >= 4 is 28.4 Å². The fraction of sp³-hybridized carbons (Fsp3) is 0.429. The summed E-state index contributed by atoms with van der Waals surface area (Å²) in [4.78, 5) is 28.7. The van der Waals surface area contributed by atoms with Gasteiger partial charge >= 0.3 is 5.97 Å². The molecule has 0 saturated heterocycles. The van der Waals surface area contributed by atoms with E-state index in [0.717, 1.165) is 39.9 Å². The van der Waals surface area contributed by atoms with E-state index in [1.165, 1.54) is 0 Å². The number of nitrogens with one attached hydrogen (secondary N) is 1. The first-order valence-electron chi connectivity index (χ1n) is 9.63. The standard InChI is InChI=1S/C21H26N4O3/c1-5-12-22-21(27)15(4)28-19(26)11-10-16-13(2)23-20-17-8-6-7-9-18(17)24-25(20)14(16)3/h6-9,15H,5,10-12H2,1-4H3,(H,22,27)/t15-/m1/s1. The molecular formula is C21H26N4O3. The van der Waals surface area contributed by atoms with E-state index in [1.807, 2.05) is 49.6 Å². The number of carbonyl (C=O) groups is 2. The highest BCUT2D eigenvalue weighted by Gasteiger charge is 2.19. The van der Waals surface area contributed by atoms with Crippen molar-refractivity contribution in [3.8, 4) is 0 Å². The van der Waals surface area contributed by atoms with Crippen LogP contribution in [0.3, 0.4) is 0 Å². The number of ether oxygens (including phenoxy) is 1. The van der Waals surface area contributed by atoms with Gasteiger partial charge in [-0.15, -0.1) is 0 Å². The van der Waals surface area contributed by atoms with Gasteiger partial charge in [0.25, 0.3) is 5.91 Å². The average Bonchev–Trinajstić information content (AvgIpc) is 3.04. The van der Waals surface area contributed by atoms with E-state index in [-0.39, 0.29) is 12.3 Å². The average molecular weight is 382 g/mol. The van der Waals surface area contributed by atoms with Gasteiger partial charge in [-0.25, -0.2) is 9.50 Å². The minimum atomic E-state index is -0.793. The van der Waals surface area contributed by atoms with Crippen LogP contribution in [0.1, 0.15) is 43.6 Å². The first kappa shape index (κ1) is 19.8. The number of amides is 1. The lowest BCUT2D eigenvalue weighted by atomic mass is 10.1. The monoisotopic (exact) mass is 382 g/mol. The van der Waals surface area contributed by atoms with Crippen molar-refractivity contribution in [1.29, 1.82) is 0 Å². The van der Waals surface area contributed by atoms with Crippen LogP contribution in [0.25, 0.3) is 16.6 Å². The Balaban J connectivity index is 1.73. The van der Waals surface area contributed by atoms with Crippen LogP contribution in [0.4, 0.5) is 0 Å². The number of esters is 1. The molecule has 0 radical (unpaired) electrons. The minimum Gasteiger partial charge on any atom is -0.453 e. The second-order valence-electron chi connectivity index (χ2n) is 6.94. The van der Waals surface area contributed by atoms with Crippen LogP contribution in [0.15, 0.2) is 24.3 Å². The van der Waals surface area contributed by atoms with Crippen LogP contribution in [-0.4, -0.2) is 39.1 Å². The molecule has 3 aromatic rings. The molecule has 1 amide bonds. The van der Waals surface area contributed by atoms with Crippen molar-refractivity contribution in [3.05, 3.63) is 41.2 Å². The maximum Gasteiger partial charge on any atom is 0.306 e. The Hall–Kier alpha value is -2.96. The molecule has 0 fully saturated rings. The molecule has 7 heteroatoms.